The Morgan fingerprint density at radius 3 is 1.97 bits per heavy atom. The van der Waals surface area contributed by atoms with Crippen LogP contribution in [0.1, 0.15) is 24.0 Å². The highest BCUT2D eigenvalue weighted by Crippen LogP contribution is 2.21. The van der Waals surface area contributed by atoms with Gasteiger partial charge in [-0.05, 0) is 46.9 Å². The second-order valence-corrected chi connectivity index (χ2v) is 7.19. The Kier molecular flexibility index (Phi) is 6.14. The van der Waals surface area contributed by atoms with Gasteiger partial charge in [0.15, 0.2) is 0 Å². The van der Waals surface area contributed by atoms with Crippen LogP contribution < -0.4 is 11.2 Å². The van der Waals surface area contributed by atoms with Gasteiger partial charge in [0.1, 0.15) is 23.3 Å². The second kappa shape index (κ2) is 8.63. The van der Waals surface area contributed by atoms with Crippen molar-refractivity contribution in [3.05, 3.63) is 104 Å². The first-order chi connectivity index (χ1) is 14.5. The Bertz CT molecular complexity index is 1240. The van der Waals surface area contributed by atoms with Crippen LogP contribution in [0, 0.1) is 23.3 Å². The Labute approximate surface area is 174 Å². The van der Waals surface area contributed by atoms with E-state index in [1.807, 2.05) is 0 Å². The molecule has 2 aromatic carbocycles. The van der Waals surface area contributed by atoms with Crippen LogP contribution in [-0.4, -0.2) is 14.2 Å². The lowest BCUT2D eigenvalue weighted by atomic mass is 10.0. The predicted octanol–water partition coefficient (Wildman–Crippen LogP) is 3.79. The van der Waals surface area contributed by atoms with Crippen LogP contribution in [0.15, 0.2) is 58.6 Å². The Morgan fingerprint density at radius 1 is 0.903 bits per heavy atom. The van der Waals surface area contributed by atoms with Crippen molar-refractivity contribution in [1.29, 1.82) is 0 Å². The van der Waals surface area contributed by atoms with Crippen LogP contribution in [-0.2, 0) is 13.1 Å². The first kappa shape index (κ1) is 22.1. The normalized spacial score (nSPS) is 12.0. The number of aromatic hydroxyl groups is 1. The minimum absolute atomic E-state index is 0.0742. The third-order valence-electron chi connectivity index (χ3n) is 4.79. The molecule has 1 heterocycles. The standard InChI is InChI=1S/C22H18F4N2O3/c1-12(14-3-16(23)7-17(24)4-14)10-27-20(29)9-21(30)28(22(27)31)11-13(2)15-5-18(25)8-19(26)6-15/h3-9,13,29H,1,10-11H2,2H3. The topological polar surface area (TPSA) is 64.2 Å². The maximum absolute atomic E-state index is 13.5. The maximum Gasteiger partial charge on any atom is 0.334 e. The summed E-state index contributed by atoms with van der Waals surface area (Å²) < 4.78 is 55.5. The molecule has 0 amide bonds. The van der Waals surface area contributed by atoms with E-state index in [9.17, 15) is 32.3 Å². The molecule has 0 bridgehead atoms. The molecule has 31 heavy (non-hydrogen) atoms. The van der Waals surface area contributed by atoms with Gasteiger partial charge in [-0.1, -0.05) is 13.5 Å². The molecule has 5 nitrogen and oxygen atoms in total. The van der Waals surface area contributed by atoms with Crippen molar-refractivity contribution in [2.75, 3.05) is 0 Å². The van der Waals surface area contributed by atoms with E-state index in [1.165, 1.54) is 0 Å². The number of benzene rings is 2. The highest BCUT2D eigenvalue weighted by molar-refractivity contribution is 5.63. The van der Waals surface area contributed by atoms with Crippen LogP contribution in [0.2, 0.25) is 0 Å². The molecule has 3 rings (SSSR count). The molecular weight excluding hydrogens is 416 g/mol. The van der Waals surface area contributed by atoms with E-state index in [0.717, 1.165) is 39.5 Å². The zero-order valence-corrected chi connectivity index (χ0v) is 16.4. The van der Waals surface area contributed by atoms with Crippen LogP contribution >= 0.6 is 0 Å². The lowest BCUT2D eigenvalue weighted by Crippen LogP contribution is -2.40. The summed E-state index contributed by atoms with van der Waals surface area (Å²) in [7, 11) is 0. The van der Waals surface area contributed by atoms with Gasteiger partial charge in [-0.25, -0.2) is 22.4 Å². The van der Waals surface area contributed by atoms with E-state index in [0.29, 0.717) is 12.1 Å². The summed E-state index contributed by atoms with van der Waals surface area (Å²) >= 11 is 0. The van der Waals surface area contributed by atoms with Crippen molar-refractivity contribution in [3.63, 3.8) is 0 Å². The van der Waals surface area contributed by atoms with Crippen molar-refractivity contribution < 1.29 is 22.7 Å². The molecule has 1 aromatic heterocycles. The fraction of sp³-hybridized carbons (Fsp3) is 0.182. The quantitative estimate of drug-likeness (QED) is 0.601. The molecule has 0 saturated heterocycles. The fourth-order valence-corrected chi connectivity index (χ4v) is 3.20. The fourth-order valence-electron chi connectivity index (χ4n) is 3.20. The summed E-state index contributed by atoms with van der Waals surface area (Å²) in [4.78, 5) is 25.1. The van der Waals surface area contributed by atoms with Gasteiger partial charge >= 0.3 is 5.69 Å². The molecule has 0 aliphatic carbocycles. The first-order valence-electron chi connectivity index (χ1n) is 9.19. The highest BCUT2D eigenvalue weighted by Gasteiger charge is 2.17. The van der Waals surface area contributed by atoms with Crippen LogP contribution in [0.25, 0.3) is 5.57 Å². The molecule has 0 saturated carbocycles. The van der Waals surface area contributed by atoms with E-state index in [-0.39, 0.29) is 29.8 Å². The first-order valence-corrected chi connectivity index (χ1v) is 9.19. The summed E-state index contributed by atoms with van der Waals surface area (Å²) in [5.41, 5.74) is -1.30. The monoisotopic (exact) mass is 434 g/mol. The number of rotatable bonds is 6. The average Bonchev–Trinajstić information content (AvgIpc) is 2.66. The molecule has 3 aromatic rings. The summed E-state index contributed by atoms with van der Waals surface area (Å²) in [5, 5.41) is 10.1. The van der Waals surface area contributed by atoms with E-state index in [1.54, 1.807) is 6.92 Å². The van der Waals surface area contributed by atoms with E-state index < -0.39 is 46.3 Å². The molecule has 0 spiro atoms. The smallest absolute Gasteiger partial charge is 0.334 e. The number of nitrogens with zero attached hydrogens (tertiary/aromatic N) is 2. The van der Waals surface area contributed by atoms with Crippen molar-refractivity contribution in [2.24, 2.45) is 0 Å². The Hall–Kier alpha value is -3.62. The minimum atomic E-state index is -0.910. The summed E-state index contributed by atoms with van der Waals surface area (Å²) in [6, 6.07) is 6.41. The van der Waals surface area contributed by atoms with Gasteiger partial charge in [0.2, 0.25) is 5.88 Å². The molecule has 0 fully saturated rings. The second-order valence-electron chi connectivity index (χ2n) is 7.19. The van der Waals surface area contributed by atoms with Gasteiger partial charge in [-0.3, -0.25) is 13.9 Å². The van der Waals surface area contributed by atoms with Gasteiger partial charge in [0, 0.05) is 18.7 Å². The van der Waals surface area contributed by atoms with Crippen LogP contribution in [0.3, 0.4) is 0 Å². The summed E-state index contributed by atoms with van der Waals surface area (Å²) in [5.74, 6) is -4.54. The largest absolute Gasteiger partial charge is 0.494 e. The number of halogens is 4. The molecule has 162 valence electrons. The third-order valence-corrected chi connectivity index (χ3v) is 4.79. The molecule has 9 heteroatoms. The predicted molar refractivity (Wildman–Crippen MR) is 107 cm³/mol. The lowest BCUT2D eigenvalue weighted by Gasteiger charge is -2.17. The molecule has 1 atom stereocenters. The van der Waals surface area contributed by atoms with Gasteiger partial charge < -0.3 is 5.11 Å². The van der Waals surface area contributed by atoms with Gasteiger partial charge in [-0.2, -0.15) is 0 Å². The molecule has 0 radical (unpaired) electrons. The van der Waals surface area contributed by atoms with E-state index in [2.05, 4.69) is 6.58 Å². The number of allylic oxidation sites excluding steroid dienone is 1. The molecule has 1 unspecified atom stereocenters. The lowest BCUT2D eigenvalue weighted by molar-refractivity contribution is 0.397. The summed E-state index contributed by atoms with van der Waals surface area (Å²) in [6.45, 7) is 4.69. The van der Waals surface area contributed by atoms with E-state index >= 15 is 0 Å². The van der Waals surface area contributed by atoms with Crippen LogP contribution in [0.5, 0.6) is 5.88 Å². The number of aromatic nitrogens is 2. The summed E-state index contributed by atoms with van der Waals surface area (Å²) in [6.07, 6.45) is 0. The zero-order chi connectivity index (χ0) is 22.9. The molecule has 0 aliphatic heterocycles. The number of hydrogen-bond acceptors (Lipinski definition) is 3. The zero-order valence-electron chi connectivity index (χ0n) is 16.4. The minimum Gasteiger partial charge on any atom is -0.494 e. The van der Waals surface area contributed by atoms with Crippen molar-refractivity contribution in [3.8, 4) is 5.88 Å². The maximum atomic E-state index is 13.5. The van der Waals surface area contributed by atoms with Crippen LogP contribution in [0.4, 0.5) is 17.6 Å². The molecular formula is C22H18F4N2O3. The Morgan fingerprint density at radius 2 is 1.42 bits per heavy atom. The van der Waals surface area contributed by atoms with Gasteiger partial charge in [0.25, 0.3) is 5.56 Å². The van der Waals surface area contributed by atoms with Crippen molar-refractivity contribution >= 4 is 5.57 Å². The Balaban J connectivity index is 1.95. The van der Waals surface area contributed by atoms with Crippen molar-refractivity contribution in [1.82, 2.24) is 9.13 Å². The molecule has 1 N–H and O–H groups in total. The highest BCUT2D eigenvalue weighted by atomic mass is 19.1. The van der Waals surface area contributed by atoms with Gasteiger partial charge in [-0.15, -0.1) is 0 Å². The van der Waals surface area contributed by atoms with E-state index in [4.69, 9.17) is 0 Å². The molecule has 0 aliphatic rings. The SMILES string of the molecule is C=C(Cn1c(O)cc(=O)n(CC(C)c2cc(F)cc(F)c2)c1=O)c1cc(F)cc(F)c1. The number of hydrogen-bond donors (Lipinski definition) is 1. The van der Waals surface area contributed by atoms with Gasteiger partial charge in [0.05, 0.1) is 12.6 Å². The van der Waals surface area contributed by atoms with Crippen molar-refractivity contribution in [2.45, 2.75) is 25.9 Å². The third kappa shape index (κ3) is 4.93. The average molecular weight is 434 g/mol.